The van der Waals surface area contributed by atoms with E-state index in [1.54, 1.807) is 30.5 Å². The Morgan fingerprint density at radius 3 is 2.41 bits per heavy atom. The maximum atomic E-state index is 12.3. The van der Waals surface area contributed by atoms with Crippen molar-refractivity contribution < 1.29 is 9.21 Å². The molecule has 4 aromatic rings. The van der Waals surface area contributed by atoms with Gasteiger partial charge in [-0.25, -0.2) is 4.98 Å². The molecule has 0 radical (unpaired) electrons. The molecule has 0 unspecified atom stereocenters. The minimum Gasteiger partial charge on any atom is -0.444 e. The summed E-state index contributed by atoms with van der Waals surface area (Å²) in [5, 5.41) is 3.37. The third kappa shape index (κ3) is 3.91. The lowest BCUT2D eigenvalue weighted by Crippen LogP contribution is -2.11. The maximum Gasteiger partial charge on any atom is 0.255 e. The fourth-order valence-corrected chi connectivity index (χ4v) is 2.87. The van der Waals surface area contributed by atoms with Crippen LogP contribution in [0.5, 0.6) is 0 Å². The van der Waals surface area contributed by atoms with Crippen LogP contribution in [0.15, 0.2) is 89.5 Å². The average Bonchev–Trinajstić information content (AvgIpc) is 3.19. The van der Waals surface area contributed by atoms with Crippen molar-refractivity contribution >= 4 is 23.2 Å². The first kappa shape index (κ1) is 17.1. The minimum absolute atomic E-state index is 0.215. The highest BCUT2D eigenvalue weighted by Crippen LogP contribution is 2.25. The Kier molecular flexibility index (Phi) is 4.73. The van der Waals surface area contributed by atoms with Crippen molar-refractivity contribution in [2.45, 2.75) is 0 Å². The molecule has 0 fully saturated rings. The van der Waals surface area contributed by atoms with E-state index in [9.17, 15) is 4.79 Å². The van der Waals surface area contributed by atoms with Gasteiger partial charge in [-0.2, -0.15) is 0 Å². The molecule has 3 aromatic carbocycles. The summed E-state index contributed by atoms with van der Waals surface area (Å²) in [4.78, 5) is 16.8. The number of oxazole rings is 1. The van der Waals surface area contributed by atoms with Crippen molar-refractivity contribution in [3.05, 3.63) is 95.7 Å². The van der Waals surface area contributed by atoms with Gasteiger partial charge in [-0.3, -0.25) is 4.79 Å². The van der Waals surface area contributed by atoms with Crippen LogP contribution in [0.4, 0.5) is 5.69 Å². The van der Waals surface area contributed by atoms with Crippen LogP contribution in [0, 0.1) is 0 Å². The second-order valence-electron chi connectivity index (χ2n) is 5.95. The highest BCUT2D eigenvalue weighted by atomic mass is 35.5. The van der Waals surface area contributed by atoms with Crippen LogP contribution in [-0.4, -0.2) is 10.9 Å². The van der Waals surface area contributed by atoms with Gasteiger partial charge in [-0.05, 0) is 42.5 Å². The van der Waals surface area contributed by atoms with Crippen LogP contribution in [0.1, 0.15) is 10.4 Å². The lowest BCUT2D eigenvalue weighted by molar-refractivity contribution is 0.102. The van der Waals surface area contributed by atoms with Crippen molar-refractivity contribution in [3.63, 3.8) is 0 Å². The van der Waals surface area contributed by atoms with E-state index in [0.717, 1.165) is 16.8 Å². The molecule has 0 aliphatic heterocycles. The van der Waals surface area contributed by atoms with Crippen LogP contribution in [0.2, 0.25) is 5.02 Å². The molecule has 4 rings (SSSR count). The van der Waals surface area contributed by atoms with E-state index in [1.807, 2.05) is 54.6 Å². The molecule has 0 atom stereocenters. The van der Waals surface area contributed by atoms with E-state index in [-0.39, 0.29) is 5.91 Å². The van der Waals surface area contributed by atoms with Gasteiger partial charge in [0.25, 0.3) is 5.91 Å². The quantitative estimate of drug-likeness (QED) is 0.482. The number of nitrogens with zero attached hydrogens (tertiary/aromatic N) is 1. The summed E-state index contributed by atoms with van der Waals surface area (Å²) in [5.74, 6) is 0.314. The molecular weight excluding hydrogens is 360 g/mol. The van der Waals surface area contributed by atoms with Crippen molar-refractivity contribution in [1.82, 2.24) is 4.98 Å². The number of hydrogen-bond donors (Lipinski definition) is 1. The molecule has 132 valence electrons. The zero-order valence-corrected chi connectivity index (χ0v) is 15.0. The van der Waals surface area contributed by atoms with Crippen molar-refractivity contribution in [2.24, 2.45) is 0 Å². The lowest BCUT2D eigenvalue weighted by Gasteiger charge is -2.06. The second kappa shape index (κ2) is 7.48. The molecule has 27 heavy (non-hydrogen) atoms. The Morgan fingerprint density at radius 1 is 0.889 bits per heavy atom. The van der Waals surface area contributed by atoms with E-state index in [0.29, 0.717) is 22.2 Å². The van der Waals surface area contributed by atoms with E-state index in [1.165, 1.54) is 0 Å². The lowest BCUT2D eigenvalue weighted by atomic mass is 10.1. The zero-order chi connectivity index (χ0) is 18.6. The van der Waals surface area contributed by atoms with Gasteiger partial charge in [0, 0.05) is 27.4 Å². The van der Waals surface area contributed by atoms with Crippen molar-refractivity contribution in [1.29, 1.82) is 0 Å². The largest absolute Gasteiger partial charge is 0.444 e. The Hall–Kier alpha value is -3.37. The number of amides is 1. The molecule has 1 amide bonds. The van der Waals surface area contributed by atoms with Gasteiger partial charge in [-0.1, -0.05) is 48.0 Å². The number of hydrogen-bond acceptors (Lipinski definition) is 3. The monoisotopic (exact) mass is 374 g/mol. The molecule has 5 heteroatoms. The molecule has 0 bridgehead atoms. The van der Waals surface area contributed by atoms with Gasteiger partial charge in [0.1, 0.15) is 12.0 Å². The molecule has 0 spiro atoms. The van der Waals surface area contributed by atoms with Crippen molar-refractivity contribution in [2.75, 3.05) is 5.32 Å². The molecule has 1 aromatic heterocycles. The van der Waals surface area contributed by atoms with Gasteiger partial charge in [0.15, 0.2) is 0 Å². The summed E-state index contributed by atoms with van der Waals surface area (Å²) in [7, 11) is 0. The topological polar surface area (TPSA) is 55.1 Å². The van der Waals surface area contributed by atoms with Gasteiger partial charge in [0.2, 0.25) is 5.89 Å². The average molecular weight is 375 g/mol. The Balaban J connectivity index is 1.49. The van der Waals surface area contributed by atoms with E-state index in [2.05, 4.69) is 10.3 Å². The Bertz CT molecular complexity index is 1070. The number of halogens is 1. The minimum atomic E-state index is -0.215. The SMILES string of the molecule is O=C(Nc1ccc(-c2nc(-c3ccccc3)co2)cc1)c1cccc(Cl)c1. The first-order valence-corrected chi connectivity index (χ1v) is 8.75. The second-order valence-corrected chi connectivity index (χ2v) is 6.38. The first-order valence-electron chi connectivity index (χ1n) is 8.37. The van der Waals surface area contributed by atoms with Gasteiger partial charge >= 0.3 is 0 Å². The third-order valence-electron chi connectivity index (χ3n) is 4.05. The molecule has 1 N–H and O–H groups in total. The van der Waals surface area contributed by atoms with Gasteiger partial charge < -0.3 is 9.73 Å². The van der Waals surface area contributed by atoms with Crippen molar-refractivity contribution in [3.8, 4) is 22.7 Å². The van der Waals surface area contributed by atoms with Crippen LogP contribution in [-0.2, 0) is 0 Å². The predicted molar refractivity (Wildman–Crippen MR) is 107 cm³/mol. The summed E-state index contributed by atoms with van der Waals surface area (Å²) < 4.78 is 5.60. The number of carbonyl (C=O) groups is 1. The Morgan fingerprint density at radius 2 is 1.67 bits per heavy atom. The summed E-state index contributed by atoms with van der Waals surface area (Å²) in [6.45, 7) is 0. The molecule has 0 aliphatic rings. The number of rotatable bonds is 4. The highest BCUT2D eigenvalue weighted by molar-refractivity contribution is 6.31. The van der Waals surface area contributed by atoms with Gasteiger partial charge in [0.05, 0.1) is 0 Å². The van der Waals surface area contributed by atoms with E-state index in [4.69, 9.17) is 16.0 Å². The predicted octanol–water partition coefficient (Wildman–Crippen LogP) is 5.91. The smallest absolute Gasteiger partial charge is 0.255 e. The zero-order valence-electron chi connectivity index (χ0n) is 14.2. The van der Waals surface area contributed by atoms with Crippen LogP contribution >= 0.6 is 11.6 Å². The molecule has 4 nitrogen and oxygen atoms in total. The number of anilines is 1. The summed E-state index contributed by atoms with van der Waals surface area (Å²) >= 11 is 5.93. The number of nitrogens with one attached hydrogen (secondary N) is 1. The van der Waals surface area contributed by atoms with Crippen LogP contribution in [0.3, 0.4) is 0 Å². The highest BCUT2D eigenvalue weighted by Gasteiger charge is 2.10. The molecule has 0 saturated heterocycles. The molecular formula is C22H15ClN2O2. The summed E-state index contributed by atoms with van der Waals surface area (Å²) in [5.41, 5.74) is 3.80. The standard InChI is InChI=1S/C22H15ClN2O2/c23-18-8-4-7-17(13-18)21(26)24-19-11-9-16(10-12-19)22-25-20(14-27-22)15-5-2-1-3-6-15/h1-14H,(H,24,26). The van der Waals surface area contributed by atoms with Crippen LogP contribution in [0.25, 0.3) is 22.7 Å². The number of aromatic nitrogens is 1. The maximum absolute atomic E-state index is 12.3. The summed E-state index contributed by atoms with van der Waals surface area (Å²) in [6, 6.07) is 24.0. The molecule has 0 aliphatic carbocycles. The third-order valence-corrected chi connectivity index (χ3v) is 4.29. The Labute approximate surface area is 161 Å². The fraction of sp³-hybridized carbons (Fsp3) is 0. The van der Waals surface area contributed by atoms with E-state index < -0.39 is 0 Å². The molecule has 0 saturated carbocycles. The molecule has 1 heterocycles. The van der Waals surface area contributed by atoms with Crippen LogP contribution < -0.4 is 5.32 Å². The normalized spacial score (nSPS) is 10.6. The number of benzene rings is 3. The van der Waals surface area contributed by atoms with E-state index >= 15 is 0 Å². The summed E-state index contributed by atoms with van der Waals surface area (Å²) in [6.07, 6.45) is 1.64. The number of carbonyl (C=O) groups excluding carboxylic acids is 1. The fourth-order valence-electron chi connectivity index (χ4n) is 2.68. The first-order chi connectivity index (χ1) is 13.2. The van der Waals surface area contributed by atoms with Gasteiger partial charge in [-0.15, -0.1) is 0 Å².